The Morgan fingerprint density at radius 2 is 1.97 bits per heavy atom. The lowest BCUT2D eigenvalue weighted by molar-refractivity contribution is 0.0322. The van der Waals surface area contributed by atoms with Gasteiger partial charge in [-0.1, -0.05) is 24.3 Å². The van der Waals surface area contributed by atoms with E-state index in [0.29, 0.717) is 31.4 Å². The van der Waals surface area contributed by atoms with Crippen LogP contribution < -0.4 is 20.1 Å². The zero-order valence-corrected chi connectivity index (χ0v) is 18.9. The molecule has 0 aromatic heterocycles. The molecule has 174 valence electrons. The lowest BCUT2D eigenvalue weighted by Gasteiger charge is -2.26. The highest BCUT2D eigenvalue weighted by Crippen LogP contribution is 2.18. The van der Waals surface area contributed by atoms with Crippen LogP contribution in [0.2, 0.25) is 0 Å². The number of morpholine rings is 1. The minimum atomic E-state index is -0.314. The maximum atomic E-state index is 13.3. The number of para-hydroxylation sites is 1. The van der Waals surface area contributed by atoms with Gasteiger partial charge in [0.05, 0.1) is 19.8 Å². The van der Waals surface area contributed by atoms with Gasteiger partial charge in [0.1, 0.15) is 30.0 Å². The molecule has 0 bridgehead atoms. The van der Waals surface area contributed by atoms with E-state index in [4.69, 9.17) is 14.2 Å². The number of ether oxygens (including phenoxy) is 3. The van der Waals surface area contributed by atoms with Crippen LogP contribution in [0.1, 0.15) is 12.5 Å². The minimum absolute atomic E-state index is 0.161. The zero-order chi connectivity index (χ0) is 22.6. The van der Waals surface area contributed by atoms with E-state index in [2.05, 4.69) is 20.5 Å². The third-order valence-electron chi connectivity index (χ3n) is 5.10. The van der Waals surface area contributed by atoms with E-state index in [1.807, 2.05) is 31.2 Å². The smallest absolute Gasteiger partial charge is 0.191 e. The van der Waals surface area contributed by atoms with Gasteiger partial charge in [-0.05, 0) is 25.1 Å². The molecule has 1 unspecified atom stereocenters. The molecule has 1 fully saturated rings. The fourth-order valence-electron chi connectivity index (χ4n) is 3.35. The summed E-state index contributed by atoms with van der Waals surface area (Å²) in [5, 5.41) is 6.55. The number of guanidine groups is 1. The number of halogens is 1. The Labute approximate surface area is 189 Å². The van der Waals surface area contributed by atoms with Crippen LogP contribution in [-0.2, 0) is 11.3 Å². The molecule has 8 heteroatoms. The van der Waals surface area contributed by atoms with Crippen LogP contribution in [0.25, 0.3) is 0 Å². The van der Waals surface area contributed by atoms with Gasteiger partial charge in [-0.25, -0.2) is 4.39 Å². The first-order chi connectivity index (χ1) is 15.6. The molecule has 7 nitrogen and oxygen atoms in total. The van der Waals surface area contributed by atoms with Crippen molar-refractivity contribution >= 4 is 5.96 Å². The molecule has 1 aliphatic rings. The number of nitrogens with one attached hydrogen (secondary N) is 2. The Balaban J connectivity index is 1.43. The third-order valence-corrected chi connectivity index (χ3v) is 5.10. The number of rotatable bonds is 10. The monoisotopic (exact) mass is 444 g/mol. The quantitative estimate of drug-likeness (QED) is 0.434. The fourth-order valence-corrected chi connectivity index (χ4v) is 3.35. The van der Waals surface area contributed by atoms with Crippen molar-refractivity contribution in [2.45, 2.75) is 19.6 Å². The summed E-state index contributed by atoms with van der Waals surface area (Å²) < 4.78 is 30.5. The molecule has 2 N–H and O–H groups in total. The van der Waals surface area contributed by atoms with Gasteiger partial charge in [0.2, 0.25) is 0 Å². The molecule has 0 spiro atoms. The van der Waals surface area contributed by atoms with E-state index in [-0.39, 0.29) is 11.9 Å². The normalized spacial score (nSPS) is 15.8. The molecule has 1 aliphatic heterocycles. The molecule has 0 aliphatic carbocycles. The van der Waals surface area contributed by atoms with E-state index < -0.39 is 0 Å². The summed E-state index contributed by atoms with van der Waals surface area (Å²) in [6, 6.07) is 14.1. The standard InChI is InChI=1S/C24H33FN4O3/c1-19(32-22-8-5-7-21(25)16-22)17-27-24(26-2)28-18-20-6-3-4-9-23(20)31-15-12-29-10-13-30-14-11-29/h3-9,16,19H,10-15,17-18H2,1-2H3,(H2,26,27,28). The predicted molar refractivity (Wildman–Crippen MR) is 124 cm³/mol. The molecule has 32 heavy (non-hydrogen) atoms. The zero-order valence-electron chi connectivity index (χ0n) is 18.9. The second kappa shape index (κ2) is 12.9. The van der Waals surface area contributed by atoms with E-state index in [0.717, 1.165) is 44.2 Å². The molecular formula is C24H33FN4O3. The van der Waals surface area contributed by atoms with Gasteiger partial charge in [0.25, 0.3) is 0 Å². The van der Waals surface area contributed by atoms with Gasteiger partial charge < -0.3 is 24.8 Å². The van der Waals surface area contributed by atoms with Crippen molar-refractivity contribution in [1.82, 2.24) is 15.5 Å². The van der Waals surface area contributed by atoms with Gasteiger partial charge >= 0.3 is 0 Å². The van der Waals surface area contributed by atoms with E-state index in [1.165, 1.54) is 12.1 Å². The summed E-state index contributed by atoms with van der Waals surface area (Å²) >= 11 is 0. The van der Waals surface area contributed by atoms with Crippen molar-refractivity contribution in [3.05, 3.63) is 59.9 Å². The Morgan fingerprint density at radius 1 is 1.16 bits per heavy atom. The summed E-state index contributed by atoms with van der Waals surface area (Å²) in [6.07, 6.45) is -0.161. The average molecular weight is 445 g/mol. The summed E-state index contributed by atoms with van der Waals surface area (Å²) in [6.45, 7) is 8.03. The molecule has 0 radical (unpaired) electrons. The summed E-state index contributed by atoms with van der Waals surface area (Å²) in [5.74, 6) is 1.71. The third kappa shape index (κ3) is 8.01. The molecule has 1 heterocycles. The van der Waals surface area contributed by atoms with Crippen LogP contribution in [0.3, 0.4) is 0 Å². The Morgan fingerprint density at radius 3 is 2.75 bits per heavy atom. The van der Waals surface area contributed by atoms with Gasteiger partial charge in [0, 0.05) is 44.9 Å². The highest BCUT2D eigenvalue weighted by atomic mass is 19.1. The lowest BCUT2D eigenvalue weighted by Crippen LogP contribution is -2.41. The summed E-state index contributed by atoms with van der Waals surface area (Å²) in [4.78, 5) is 6.62. The fraction of sp³-hybridized carbons (Fsp3) is 0.458. The minimum Gasteiger partial charge on any atom is -0.492 e. The summed E-state index contributed by atoms with van der Waals surface area (Å²) in [7, 11) is 1.72. The van der Waals surface area contributed by atoms with Crippen molar-refractivity contribution in [3.8, 4) is 11.5 Å². The summed E-state index contributed by atoms with van der Waals surface area (Å²) in [5.41, 5.74) is 1.06. The molecule has 0 saturated carbocycles. The predicted octanol–water partition coefficient (Wildman–Crippen LogP) is 2.67. The van der Waals surface area contributed by atoms with Crippen LogP contribution in [0.5, 0.6) is 11.5 Å². The topological polar surface area (TPSA) is 67.4 Å². The maximum Gasteiger partial charge on any atom is 0.191 e. The Hall–Kier alpha value is -2.84. The highest BCUT2D eigenvalue weighted by molar-refractivity contribution is 5.79. The Kier molecular flexibility index (Phi) is 9.59. The van der Waals surface area contributed by atoms with Crippen LogP contribution in [-0.4, -0.2) is 70.0 Å². The van der Waals surface area contributed by atoms with Crippen molar-refractivity contribution in [3.63, 3.8) is 0 Å². The maximum absolute atomic E-state index is 13.3. The largest absolute Gasteiger partial charge is 0.492 e. The van der Waals surface area contributed by atoms with Crippen LogP contribution in [0.4, 0.5) is 4.39 Å². The first-order valence-electron chi connectivity index (χ1n) is 11.0. The lowest BCUT2D eigenvalue weighted by atomic mass is 10.2. The van der Waals surface area contributed by atoms with Gasteiger partial charge in [-0.15, -0.1) is 0 Å². The number of nitrogens with zero attached hydrogens (tertiary/aromatic N) is 2. The van der Waals surface area contributed by atoms with Crippen molar-refractivity contribution in [2.24, 2.45) is 4.99 Å². The molecule has 1 saturated heterocycles. The first-order valence-corrected chi connectivity index (χ1v) is 11.0. The molecule has 2 aromatic rings. The average Bonchev–Trinajstić information content (AvgIpc) is 2.81. The SMILES string of the molecule is CN=C(NCc1ccccc1OCCN1CCOCC1)NCC(C)Oc1cccc(F)c1. The van der Waals surface area contributed by atoms with Crippen molar-refractivity contribution in [1.29, 1.82) is 0 Å². The molecule has 2 aromatic carbocycles. The van der Waals surface area contributed by atoms with Crippen LogP contribution in [0.15, 0.2) is 53.5 Å². The van der Waals surface area contributed by atoms with Gasteiger partial charge in [0.15, 0.2) is 5.96 Å². The van der Waals surface area contributed by atoms with E-state index in [1.54, 1.807) is 19.2 Å². The van der Waals surface area contributed by atoms with Crippen LogP contribution >= 0.6 is 0 Å². The van der Waals surface area contributed by atoms with E-state index >= 15 is 0 Å². The Bertz CT molecular complexity index is 859. The van der Waals surface area contributed by atoms with Crippen LogP contribution in [0, 0.1) is 5.82 Å². The molecule has 0 amide bonds. The van der Waals surface area contributed by atoms with E-state index in [9.17, 15) is 4.39 Å². The number of hydrogen-bond acceptors (Lipinski definition) is 5. The van der Waals surface area contributed by atoms with Crippen molar-refractivity contribution < 1.29 is 18.6 Å². The first kappa shape index (κ1) is 23.8. The van der Waals surface area contributed by atoms with Crippen molar-refractivity contribution in [2.75, 3.05) is 53.0 Å². The highest BCUT2D eigenvalue weighted by Gasteiger charge is 2.11. The number of benzene rings is 2. The van der Waals surface area contributed by atoms with Gasteiger partial charge in [-0.3, -0.25) is 9.89 Å². The number of hydrogen-bond donors (Lipinski definition) is 2. The second-order valence-corrected chi connectivity index (χ2v) is 7.60. The van der Waals surface area contributed by atoms with Gasteiger partial charge in [-0.2, -0.15) is 0 Å². The number of aliphatic imine (C=N–C) groups is 1. The molecule has 3 rings (SSSR count). The molecular weight excluding hydrogens is 411 g/mol. The molecule has 1 atom stereocenters. The second-order valence-electron chi connectivity index (χ2n) is 7.60.